The molecule has 1 aromatic rings. The average Bonchev–Trinajstić information content (AvgIpc) is 2.43. The lowest BCUT2D eigenvalue weighted by molar-refractivity contribution is -0.125. The van der Waals surface area contributed by atoms with E-state index in [1.165, 1.54) is 11.1 Å². The summed E-state index contributed by atoms with van der Waals surface area (Å²) in [6.45, 7) is 2.84. The van der Waals surface area contributed by atoms with Gasteiger partial charge in [0.15, 0.2) is 0 Å². The minimum atomic E-state index is 0.149. The Kier molecular flexibility index (Phi) is 4.81. The number of nitrogens with one attached hydrogen (secondary N) is 1. The molecule has 1 aromatic carbocycles. The van der Waals surface area contributed by atoms with Crippen molar-refractivity contribution in [1.82, 2.24) is 5.32 Å². The zero-order valence-corrected chi connectivity index (χ0v) is 12.4. The van der Waals surface area contributed by atoms with Crippen LogP contribution in [0.5, 0.6) is 0 Å². The van der Waals surface area contributed by atoms with Gasteiger partial charge in [-0.1, -0.05) is 47.1 Å². The fraction of sp³-hybridized carbons (Fsp3) is 0.533. The van der Waals surface area contributed by atoms with Crippen LogP contribution in [0.25, 0.3) is 0 Å². The molecule has 1 aliphatic rings. The number of fused-ring (bicyclic) bond motifs is 1. The first-order valence-corrected chi connectivity index (χ1v) is 7.60. The first-order valence-electron chi connectivity index (χ1n) is 6.69. The molecule has 2 unspecified atom stereocenters. The maximum absolute atomic E-state index is 12.1. The van der Waals surface area contributed by atoms with Crippen LogP contribution in [0, 0.1) is 5.92 Å². The lowest BCUT2D eigenvalue weighted by atomic mass is 9.83. The Labute approximate surface area is 117 Å². The van der Waals surface area contributed by atoms with Crippen molar-refractivity contribution in [3.05, 3.63) is 35.4 Å². The number of alkyl halides is 1. The van der Waals surface area contributed by atoms with Crippen molar-refractivity contribution in [2.75, 3.05) is 6.54 Å². The number of amides is 1. The summed E-state index contributed by atoms with van der Waals surface area (Å²) in [4.78, 5) is 12.5. The molecule has 0 bridgehead atoms. The number of hydrogen-bond donors (Lipinski definition) is 1. The third-order valence-corrected chi connectivity index (χ3v) is 4.63. The number of rotatable bonds is 4. The van der Waals surface area contributed by atoms with Crippen LogP contribution in [-0.2, 0) is 17.6 Å². The van der Waals surface area contributed by atoms with E-state index in [1.54, 1.807) is 0 Å². The zero-order valence-electron chi connectivity index (χ0n) is 10.8. The molecule has 2 rings (SSSR count). The molecule has 0 heterocycles. The first kappa shape index (κ1) is 13.6. The van der Waals surface area contributed by atoms with Gasteiger partial charge in [0, 0.05) is 17.3 Å². The summed E-state index contributed by atoms with van der Waals surface area (Å²) in [6.07, 6.45) is 3.93. The predicted molar refractivity (Wildman–Crippen MR) is 78.0 cm³/mol. The lowest BCUT2D eigenvalue weighted by Crippen LogP contribution is -2.37. The summed E-state index contributed by atoms with van der Waals surface area (Å²) in [5.41, 5.74) is 2.75. The Bertz CT molecular complexity index is 419. The normalized spacial score (nSPS) is 20.0. The van der Waals surface area contributed by atoms with E-state index in [1.807, 2.05) is 0 Å². The molecule has 0 radical (unpaired) electrons. The van der Waals surface area contributed by atoms with E-state index in [0.717, 1.165) is 32.2 Å². The van der Waals surface area contributed by atoms with Gasteiger partial charge < -0.3 is 5.32 Å². The monoisotopic (exact) mass is 309 g/mol. The zero-order chi connectivity index (χ0) is 13.0. The van der Waals surface area contributed by atoms with Crippen molar-refractivity contribution in [3.8, 4) is 0 Å². The summed E-state index contributed by atoms with van der Waals surface area (Å²) in [7, 11) is 0. The van der Waals surface area contributed by atoms with Crippen LogP contribution in [0.3, 0.4) is 0 Å². The molecule has 0 aromatic heterocycles. The highest BCUT2D eigenvalue weighted by atomic mass is 79.9. The SMILES string of the molecule is CCC(Br)CNC(=O)C1CCc2ccccc2C1. The van der Waals surface area contributed by atoms with E-state index in [2.05, 4.69) is 52.4 Å². The summed E-state index contributed by atoms with van der Waals surface area (Å²) >= 11 is 3.54. The molecule has 0 saturated carbocycles. The van der Waals surface area contributed by atoms with Crippen molar-refractivity contribution in [2.45, 2.75) is 37.4 Å². The Balaban J connectivity index is 1.90. The van der Waals surface area contributed by atoms with Crippen LogP contribution < -0.4 is 5.32 Å². The number of halogens is 1. The fourth-order valence-corrected chi connectivity index (χ4v) is 2.58. The number of carbonyl (C=O) groups is 1. The molecule has 2 nitrogen and oxygen atoms in total. The molecular formula is C15H20BrNO. The quantitative estimate of drug-likeness (QED) is 0.851. The highest BCUT2D eigenvalue weighted by Crippen LogP contribution is 2.25. The molecule has 0 saturated heterocycles. The number of carbonyl (C=O) groups excluding carboxylic acids is 1. The smallest absolute Gasteiger partial charge is 0.223 e. The van der Waals surface area contributed by atoms with Gasteiger partial charge in [0.05, 0.1) is 0 Å². The second-order valence-electron chi connectivity index (χ2n) is 4.96. The molecule has 0 spiro atoms. The topological polar surface area (TPSA) is 29.1 Å². The van der Waals surface area contributed by atoms with Crippen molar-refractivity contribution < 1.29 is 4.79 Å². The van der Waals surface area contributed by atoms with Crippen LogP contribution in [0.15, 0.2) is 24.3 Å². The first-order chi connectivity index (χ1) is 8.70. The van der Waals surface area contributed by atoms with Crippen molar-refractivity contribution in [3.63, 3.8) is 0 Å². The van der Waals surface area contributed by atoms with Crippen molar-refractivity contribution in [2.24, 2.45) is 5.92 Å². The highest BCUT2D eigenvalue weighted by Gasteiger charge is 2.24. The molecular weight excluding hydrogens is 290 g/mol. The highest BCUT2D eigenvalue weighted by molar-refractivity contribution is 9.09. The van der Waals surface area contributed by atoms with Crippen LogP contribution in [0.1, 0.15) is 30.9 Å². The largest absolute Gasteiger partial charge is 0.355 e. The summed E-state index contributed by atoms with van der Waals surface area (Å²) in [5, 5.41) is 3.05. The maximum atomic E-state index is 12.1. The van der Waals surface area contributed by atoms with E-state index in [4.69, 9.17) is 0 Å². The summed E-state index contributed by atoms with van der Waals surface area (Å²) < 4.78 is 0. The molecule has 98 valence electrons. The molecule has 2 atom stereocenters. The van der Waals surface area contributed by atoms with Crippen molar-refractivity contribution >= 4 is 21.8 Å². The Morgan fingerprint density at radius 1 is 1.44 bits per heavy atom. The van der Waals surface area contributed by atoms with Gasteiger partial charge in [-0.15, -0.1) is 0 Å². The van der Waals surface area contributed by atoms with Gasteiger partial charge in [-0.3, -0.25) is 4.79 Å². The van der Waals surface area contributed by atoms with Gasteiger partial charge >= 0.3 is 0 Å². The van der Waals surface area contributed by atoms with E-state index in [0.29, 0.717) is 4.83 Å². The van der Waals surface area contributed by atoms with E-state index >= 15 is 0 Å². The molecule has 1 aliphatic carbocycles. The van der Waals surface area contributed by atoms with Crippen LogP contribution in [0.4, 0.5) is 0 Å². The van der Waals surface area contributed by atoms with Gasteiger partial charge in [0.25, 0.3) is 0 Å². The Morgan fingerprint density at radius 2 is 2.17 bits per heavy atom. The molecule has 1 N–H and O–H groups in total. The summed E-state index contributed by atoms with van der Waals surface area (Å²) in [5.74, 6) is 0.360. The lowest BCUT2D eigenvalue weighted by Gasteiger charge is -2.24. The minimum Gasteiger partial charge on any atom is -0.355 e. The predicted octanol–water partition coefficient (Wildman–Crippen LogP) is 3.08. The van der Waals surface area contributed by atoms with Crippen molar-refractivity contribution in [1.29, 1.82) is 0 Å². The second kappa shape index (κ2) is 6.37. The number of hydrogen-bond acceptors (Lipinski definition) is 1. The summed E-state index contributed by atoms with van der Waals surface area (Å²) in [6, 6.07) is 8.46. The number of benzene rings is 1. The third-order valence-electron chi connectivity index (χ3n) is 3.66. The van der Waals surface area contributed by atoms with Gasteiger partial charge in [-0.05, 0) is 36.8 Å². The molecule has 1 amide bonds. The van der Waals surface area contributed by atoms with E-state index < -0.39 is 0 Å². The van der Waals surface area contributed by atoms with E-state index in [-0.39, 0.29) is 11.8 Å². The Hall–Kier alpha value is -0.830. The van der Waals surface area contributed by atoms with Gasteiger partial charge in [-0.25, -0.2) is 0 Å². The van der Waals surface area contributed by atoms with Gasteiger partial charge in [0.2, 0.25) is 5.91 Å². The van der Waals surface area contributed by atoms with Crippen LogP contribution >= 0.6 is 15.9 Å². The third kappa shape index (κ3) is 3.35. The minimum absolute atomic E-state index is 0.149. The molecule has 0 fully saturated rings. The van der Waals surface area contributed by atoms with Gasteiger partial charge in [-0.2, -0.15) is 0 Å². The van der Waals surface area contributed by atoms with Gasteiger partial charge in [0.1, 0.15) is 0 Å². The van der Waals surface area contributed by atoms with Crippen LogP contribution in [0.2, 0.25) is 0 Å². The van der Waals surface area contributed by atoms with Crippen LogP contribution in [-0.4, -0.2) is 17.3 Å². The maximum Gasteiger partial charge on any atom is 0.223 e. The standard InChI is InChI=1S/C15H20BrNO/c1-2-14(16)10-17-15(18)13-8-7-11-5-3-4-6-12(11)9-13/h3-6,13-14H,2,7-10H2,1H3,(H,17,18). The average molecular weight is 310 g/mol. The molecule has 18 heavy (non-hydrogen) atoms. The molecule has 0 aliphatic heterocycles. The second-order valence-corrected chi connectivity index (χ2v) is 6.25. The van der Waals surface area contributed by atoms with E-state index in [9.17, 15) is 4.79 Å². The molecule has 3 heteroatoms. The fourth-order valence-electron chi connectivity index (χ4n) is 2.42. The number of aryl methyl sites for hydroxylation is 1. The Morgan fingerprint density at radius 3 is 2.89 bits per heavy atom.